The molecule has 3 aromatic rings. The van der Waals surface area contributed by atoms with Gasteiger partial charge in [-0.2, -0.15) is 0 Å². The van der Waals surface area contributed by atoms with Gasteiger partial charge in [0.05, 0.1) is 32.3 Å². The van der Waals surface area contributed by atoms with E-state index >= 15 is 0 Å². The van der Waals surface area contributed by atoms with Crippen molar-refractivity contribution in [2.45, 2.75) is 12.2 Å². The summed E-state index contributed by atoms with van der Waals surface area (Å²) >= 11 is 0. The molecule has 5 heteroatoms. The van der Waals surface area contributed by atoms with Gasteiger partial charge in [-0.25, -0.2) is 0 Å². The number of ketones is 1. The quantitative estimate of drug-likeness (QED) is 0.568. The molecular weight excluding hydrogens is 368 g/mol. The summed E-state index contributed by atoms with van der Waals surface area (Å²) in [6.45, 7) is 0. The Balaban J connectivity index is 1.98. The first-order valence-corrected chi connectivity index (χ1v) is 9.28. The lowest BCUT2D eigenvalue weighted by Gasteiger charge is -2.27. The standard InChI is InChI=1S/C24H24O5/c1-28-19-12-8-17(9-13-19)23(26)21(22(25)16-6-4-3-5-7-16)24(27)18-10-14-20(29-2)15-11-18/h3-15,21,23-24,26-27H,1-2H3/t23-,24-/m0/s1. The Kier molecular flexibility index (Phi) is 6.65. The van der Waals surface area contributed by atoms with E-state index in [4.69, 9.17) is 9.47 Å². The van der Waals surface area contributed by atoms with Gasteiger partial charge in [0.15, 0.2) is 5.78 Å². The summed E-state index contributed by atoms with van der Waals surface area (Å²) in [4.78, 5) is 13.3. The molecule has 0 spiro atoms. The fourth-order valence-electron chi connectivity index (χ4n) is 3.27. The van der Waals surface area contributed by atoms with Crippen LogP contribution in [0.2, 0.25) is 0 Å². The first-order chi connectivity index (χ1) is 14.0. The number of rotatable bonds is 8. The minimum Gasteiger partial charge on any atom is -0.497 e. The molecule has 0 aliphatic carbocycles. The van der Waals surface area contributed by atoms with Gasteiger partial charge < -0.3 is 19.7 Å². The normalized spacial score (nSPS) is 13.0. The molecule has 2 atom stereocenters. The van der Waals surface area contributed by atoms with E-state index in [0.717, 1.165) is 0 Å². The molecule has 3 rings (SSSR count). The van der Waals surface area contributed by atoms with Crippen LogP contribution in [0.5, 0.6) is 11.5 Å². The van der Waals surface area contributed by atoms with E-state index in [0.29, 0.717) is 28.2 Å². The van der Waals surface area contributed by atoms with Crippen LogP contribution in [0.4, 0.5) is 0 Å². The monoisotopic (exact) mass is 392 g/mol. The van der Waals surface area contributed by atoms with Crippen molar-refractivity contribution in [3.63, 3.8) is 0 Å². The highest BCUT2D eigenvalue weighted by Crippen LogP contribution is 2.36. The molecule has 0 radical (unpaired) electrons. The van der Waals surface area contributed by atoms with Crippen molar-refractivity contribution in [1.29, 1.82) is 0 Å². The van der Waals surface area contributed by atoms with Crippen LogP contribution < -0.4 is 9.47 Å². The number of Topliss-reactive ketones (excluding diaryl/α,β-unsaturated/α-hetero) is 1. The van der Waals surface area contributed by atoms with Gasteiger partial charge in [0.2, 0.25) is 0 Å². The van der Waals surface area contributed by atoms with Gasteiger partial charge in [-0.1, -0.05) is 54.6 Å². The van der Waals surface area contributed by atoms with Crippen molar-refractivity contribution in [3.8, 4) is 11.5 Å². The van der Waals surface area contributed by atoms with Gasteiger partial charge in [0.25, 0.3) is 0 Å². The maximum Gasteiger partial charge on any atom is 0.171 e. The van der Waals surface area contributed by atoms with Crippen molar-refractivity contribution in [3.05, 3.63) is 95.6 Å². The second-order valence-electron chi connectivity index (χ2n) is 6.69. The largest absolute Gasteiger partial charge is 0.497 e. The minimum atomic E-state index is -1.20. The molecule has 0 fully saturated rings. The molecule has 150 valence electrons. The lowest BCUT2D eigenvalue weighted by Crippen LogP contribution is -2.29. The van der Waals surface area contributed by atoms with Crippen LogP contribution in [0.25, 0.3) is 0 Å². The topological polar surface area (TPSA) is 76.0 Å². The molecule has 0 saturated heterocycles. The van der Waals surface area contributed by atoms with Crippen molar-refractivity contribution in [1.82, 2.24) is 0 Å². The van der Waals surface area contributed by atoms with E-state index < -0.39 is 18.1 Å². The number of aliphatic hydroxyl groups is 2. The molecular formula is C24H24O5. The number of aliphatic hydroxyl groups excluding tert-OH is 2. The molecule has 29 heavy (non-hydrogen) atoms. The summed E-state index contributed by atoms with van der Waals surface area (Å²) in [6, 6.07) is 22.3. The third-order valence-corrected chi connectivity index (χ3v) is 4.96. The average Bonchev–Trinajstić information content (AvgIpc) is 2.79. The van der Waals surface area contributed by atoms with E-state index in [9.17, 15) is 15.0 Å². The molecule has 0 aliphatic heterocycles. The lowest BCUT2D eigenvalue weighted by atomic mass is 9.82. The lowest BCUT2D eigenvalue weighted by molar-refractivity contribution is 0.0143. The summed E-state index contributed by atoms with van der Waals surface area (Å²) in [7, 11) is 3.11. The third-order valence-electron chi connectivity index (χ3n) is 4.96. The highest BCUT2D eigenvalue weighted by molar-refractivity contribution is 5.98. The van der Waals surface area contributed by atoms with Crippen molar-refractivity contribution in [2.24, 2.45) is 5.92 Å². The Bertz CT molecular complexity index is 866. The van der Waals surface area contributed by atoms with E-state index in [2.05, 4.69) is 0 Å². The maximum absolute atomic E-state index is 13.3. The Labute approximate surface area is 170 Å². The number of methoxy groups -OCH3 is 2. The van der Waals surface area contributed by atoms with Crippen LogP contribution in [-0.2, 0) is 0 Å². The zero-order valence-corrected chi connectivity index (χ0v) is 16.4. The van der Waals surface area contributed by atoms with Crippen LogP contribution in [0, 0.1) is 5.92 Å². The Hall–Kier alpha value is -3.15. The molecule has 5 nitrogen and oxygen atoms in total. The number of carbonyl (C=O) groups is 1. The number of carbonyl (C=O) groups excluding carboxylic acids is 1. The molecule has 0 aromatic heterocycles. The van der Waals surface area contributed by atoms with Crippen LogP contribution in [0.1, 0.15) is 33.7 Å². The zero-order valence-electron chi connectivity index (χ0n) is 16.4. The van der Waals surface area contributed by atoms with Crippen molar-refractivity contribution >= 4 is 5.78 Å². The molecule has 0 heterocycles. The van der Waals surface area contributed by atoms with Gasteiger partial charge in [0, 0.05) is 5.56 Å². The number of ether oxygens (including phenoxy) is 2. The van der Waals surface area contributed by atoms with Gasteiger partial charge in [-0.3, -0.25) is 4.79 Å². The first kappa shape index (κ1) is 20.6. The van der Waals surface area contributed by atoms with Gasteiger partial charge in [0.1, 0.15) is 11.5 Å². The molecule has 0 amide bonds. The summed E-state index contributed by atoms with van der Waals surface area (Å²) in [5.41, 5.74) is 1.47. The predicted octanol–water partition coefficient (Wildman–Crippen LogP) is 3.97. The molecule has 0 aliphatic rings. The Morgan fingerprint density at radius 3 is 1.48 bits per heavy atom. The predicted molar refractivity (Wildman–Crippen MR) is 110 cm³/mol. The van der Waals surface area contributed by atoms with Crippen molar-refractivity contribution in [2.75, 3.05) is 14.2 Å². The second-order valence-corrected chi connectivity index (χ2v) is 6.69. The summed E-state index contributed by atoms with van der Waals surface area (Å²) in [5.74, 6) is -0.137. The van der Waals surface area contributed by atoms with Crippen LogP contribution in [0.15, 0.2) is 78.9 Å². The van der Waals surface area contributed by atoms with Crippen LogP contribution >= 0.6 is 0 Å². The highest BCUT2D eigenvalue weighted by atomic mass is 16.5. The van der Waals surface area contributed by atoms with Crippen LogP contribution in [0.3, 0.4) is 0 Å². The summed E-state index contributed by atoms with van der Waals surface area (Å²) in [6.07, 6.45) is -2.41. The third kappa shape index (κ3) is 4.65. The van der Waals surface area contributed by atoms with E-state index in [-0.39, 0.29) is 5.78 Å². The Morgan fingerprint density at radius 1 is 0.690 bits per heavy atom. The molecule has 0 saturated carbocycles. The summed E-state index contributed by atoms with van der Waals surface area (Å²) < 4.78 is 10.3. The maximum atomic E-state index is 13.3. The fraction of sp³-hybridized carbons (Fsp3) is 0.208. The second kappa shape index (κ2) is 9.37. The molecule has 2 N–H and O–H groups in total. The van der Waals surface area contributed by atoms with Crippen molar-refractivity contribution < 1.29 is 24.5 Å². The Morgan fingerprint density at radius 2 is 1.10 bits per heavy atom. The number of benzene rings is 3. The number of hydrogen-bond acceptors (Lipinski definition) is 5. The molecule has 0 unspecified atom stereocenters. The first-order valence-electron chi connectivity index (χ1n) is 9.28. The van der Waals surface area contributed by atoms with E-state index in [1.807, 2.05) is 6.07 Å². The molecule has 3 aromatic carbocycles. The minimum absolute atomic E-state index is 0.336. The smallest absolute Gasteiger partial charge is 0.171 e. The SMILES string of the molecule is COc1ccc([C@H](O)C(C(=O)c2ccccc2)[C@@H](O)c2ccc(OC)cc2)cc1. The van der Waals surface area contributed by atoms with Gasteiger partial charge >= 0.3 is 0 Å². The van der Waals surface area contributed by atoms with Gasteiger partial charge in [-0.05, 0) is 35.4 Å². The van der Waals surface area contributed by atoms with E-state index in [1.165, 1.54) is 0 Å². The van der Waals surface area contributed by atoms with E-state index in [1.54, 1.807) is 87.0 Å². The average molecular weight is 392 g/mol. The molecule has 0 bridgehead atoms. The number of hydrogen-bond donors (Lipinski definition) is 2. The summed E-state index contributed by atoms with van der Waals surface area (Å²) in [5, 5.41) is 22.1. The fourth-order valence-corrected chi connectivity index (χ4v) is 3.27. The van der Waals surface area contributed by atoms with Gasteiger partial charge in [-0.15, -0.1) is 0 Å². The van der Waals surface area contributed by atoms with Crippen LogP contribution in [-0.4, -0.2) is 30.2 Å². The highest BCUT2D eigenvalue weighted by Gasteiger charge is 2.36. The zero-order chi connectivity index (χ0) is 20.8.